The van der Waals surface area contributed by atoms with Crippen molar-refractivity contribution in [2.75, 3.05) is 0 Å². The lowest BCUT2D eigenvalue weighted by molar-refractivity contribution is 0.317. The summed E-state index contributed by atoms with van der Waals surface area (Å²) in [5, 5.41) is 29.2. The average molecular weight is 301 g/mol. The van der Waals surface area contributed by atoms with Crippen LogP contribution in [0.3, 0.4) is 0 Å². The van der Waals surface area contributed by atoms with Gasteiger partial charge in [0.15, 0.2) is 5.41 Å². The maximum Gasteiger partial charge on any atom is 0.191 e. The fourth-order valence-corrected chi connectivity index (χ4v) is 3.82. The molecular formula is C18H15N5. The number of hydrogen-bond donors (Lipinski definition) is 1. The monoisotopic (exact) mass is 301 g/mol. The SMILES string of the molecule is N#CC1=C(N)C(C#N)(C#N)[C@@H](c2ccncc2)[C@H]2CCCC=C12. The number of rotatable bonds is 1. The summed E-state index contributed by atoms with van der Waals surface area (Å²) < 4.78 is 0. The van der Waals surface area contributed by atoms with Crippen molar-refractivity contribution in [3.63, 3.8) is 0 Å². The van der Waals surface area contributed by atoms with Crippen LogP contribution in [0.1, 0.15) is 30.7 Å². The lowest BCUT2D eigenvalue weighted by atomic mass is 9.57. The molecule has 2 aliphatic rings. The van der Waals surface area contributed by atoms with E-state index in [2.05, 4.69) is 23.2 Å². The molecule has 2 N–H and O–H groups in total. The molecule has 0 saturated heterocycles. The Balaban J connectivity index is 2.33. The second-order valence-corrected chi connectivity index (χ2v) is 5.89. The van der Waals surface area contributed by atoms with E-state index in [-0.39, 0.29) is 17.5 Å². The highest BCUT2D eigenvalue weighted by Crippen LogP contribution is 2.55. The Labute approximate surface area is 135 Å². The first kappa shape index (κ1) is 14.8. The molecular weight excluding hydrogens is 286 g/mol. The van der Waals surface area contributed by atoms with Gasteiger partial charge in [0.1, 0.15) is 6.07 Å². The minimum atomic E-state index is -1.52. The first-order chi connectivity index (χ1) is 11.2. The standard InChI is InChI=1S/C18H15N5/c19-9-15-13-3-1-2-4-14(13)16(12-5-7-23-8-6-12)18(10-20,11-21)17(15)22/h3,5-8,14,16H,1-2,4,22H2/t14-,16-/m0/s1. The van der Waals surface area contributed by atoms with Crippen molar-refractivity contribution in [2.45, 2.75) is 25.2 Å². The van der Waals surface area contributed by atoms with E-state index in [0.717, 1.165) is 30.4 Å². The molecule has 112 valence electrons. The number of nitrogens with zero attached hydrogens (tertiary/aromatic N) is 4. The Kier molecular flexibility index (Phi) is 3.61. The van der Waals surface area contributed by atoms with Crippen LogP contribution in [0.25, 0.3) is 0 Å². The Morgan fingerprint density at radius 2 is 1.87 bits per heavy atom. The maximum absolute atomic E-state index is 9.82. The minimum absolute atomic E-state index is 0.0487. The van der Waals surface area contributed by atoms with E-state index in [0.29, 0.717) is 5.57 Å². The van der Waals surface area contributed by atoms with Crippen LogP contribution >= 0.6 is 0 Å². The summed E-state index contributed by atoms with van der Waals surface area (Å²) in [6.07, 6.45) is 8.04. The van der Waals surface area contributed by atoms with Crippen LogP contribution in [-0.2, 0) is 0 Å². The Hall–Kier alpha value is -3.10. The molecule has 0 bridgehead atoms. The molecule has 1 aromatic heterocycles. The molecule has 2 aliphatic carbocycles. The van der Waals surface area contributed by atoms with Crippen LogP contribution in [0, 0.1) is 45.3 Å². The molecule has 0 saturated carbocycles. The zero-order valence-electron chi connectivity index (χ0n) is 12.5. The van der Waals surface area contributed by atoms with Crippen LogP contribution in [-0.4, -0.2) is 4.98 Å². The number of pyridine rings is 1. The number of nitriles is 3. The Bertz CT molecular complexity index is 800. The summed E-state index contributed by atoms with van der Waals surface area (Å²) in [4.78, 5) is 4.02. The van der Waals surface area contributed by atoms with Crippen LogP contribution in [0.15, 0.2) is 47.4 Å². The Morgan fingerprint density at radius 1 is 1.17 bits per heavy atom. The summed E-state index contributed by atoms with van der Waals surface area (Å²) in [7, 11) is 0. The van der Waals surface area contributed by atoms with Gasteiger partial charge in [-0.3, -0.25) is 4.98 Å². The molecule has 0 unspecified atom stereocenters. The predicted octanol–water partition coefficient (Wildman–Crippen LogP) is 2.68. The van der Waals surface area contributed by atoms with Gasteiger partial charge >= 0.3 is 0 Å². The van der Waals surface area contributed by atoms with Gasteiger partial charge in [0.25, 0.3) is 0 Å². The van der Waals surface area contributed by atoms with Crippen LogP contribution in [0.4, 0.5) is 0 Å². The molecule has 23 heavy (non-hydrogen) atoms. The molecule has 0 amide bonds. The van der Waals surface area contributed by atoms with Crippen LogP contribution in [0.2, 0.25) is 0 Å². The molecule has 0 spiro atoms. The van der Waals surface area contributed by atoms with Gasteiger partial charge in [0.2, 0.25) is 0 Å². The van der Waals surface area contributed by atoms with E-state index in [1.165, 1.54) is 0 Å². The van der Waals surface area contributed by atoms with E-state index in [1.807, 2.05) is 18.2 Å². The number of aromatic nitrogens is 1. The van der Waals surface area contributed by atoms with Crippen molar-refractivity contribution in [1.29, 1.82) is 15.8 Å². The fourth-order valence-electron chi connectivity index (χ4n) is 3.82. The van der Waals surface area contributed by atoms with E-state index >= 15 is 0 Å². The summed E-state index contributed by atoms with van der Waals surface area (Å²) >= 11 is 0. The molecule has 0 aromatic carbocycles. The molecule has 0 fully saturated rings. The summed E-state index contributed by atoms with van der Waals surface area (Å²) in [6.45, 7) is 0. The van der Waals surface area contributed by atoms with Crippen molar-refractivity contribution >= 4 is 0 Å². The first-order valence-corrected chi connectivity index (χ1v) is 7.52. The Morgan fingerprint density at radius 3 is 2.48 bits per heavy atom. The van der Waals surface area contributed by atoms with Gasteiger partial charge in [-0.05, 0) is 48.4 Å². The van der Waals surface area contributed by atoms with E-state index in [9.17, 15) is 15.8 Å². The number of nitrogens with two attached hydrogens (primary N) is 1. The van der Waals surface area contributed by atoms with Crippen molar-refractivity contribution in [2.24, 2.45) is 17.1 Å². The molecule has 3 rings (SSSR count). The van der Waals surface area contributed by atoms with Crippen molar-refractivity contribution < 1.29 is 0 Å². The highest BCUT2D eigenvalue weighted by Gasteiger charge is 2.53. The van der Waals surface area contributed by atoms with Gasteiger partial charge in [-0.15, -0.1) is 0 Å². The van der Waals surface area contributed by atoms with Crippen molar-refractivity contribution in [3.05, 3.63) is 53.0 Å². The second-order valence-electron chi connectivity index (χ2n) is 5.89. The second kappa shape index (κ2) is 5.59. The van der Waals surface area contributed by atoms with E-state index in [4.69, 9.17) is 5.73 Å². The molecule has 1 aromatic rings. The third-order valence-electron chi connectivity index (χ3n) is 4.86. The molecule has 0 radical (unpaired) electrons. The quantitative estimate of drug-likeness (QED) is 0.857. The third-order valence-corrected chi connectivity index (χ3v) is 4.86. The topological polar surface area (TPSA) is 110 Å². The predicted molar refractivity (Wildman–Crippen MR) is 82.9 cm³/mol. The van der Waals surface area contributed by atoms with E-state index < -0.39 is 5.41 Å². The van der Waals surface area contributed by atoms with E-state index in [1.54, 1.807) is 12.4 Å². The van der Waals surface area contributed by atoms with Crippen molar-refractivity contribution in [1.82, 2.24) is 4.98 Å². The number of hydrogen-bond acceptors (Lipinski definition) is 5. The average Bonchev–Trinajstić information content (AvgIpc) is 2.61. The molecule has 5 nitrogen and oxygen atoms in total. The van der Waals surface area contributed by atoms with Gasteiger partial charge in [0, 0.05) is 18.3 Å². The largest absolute Gasteiger partial charge is 0.399 e. The molecule has 5 heteroatoms. The maximum atomic E-state index is 9.82. The smallest absolute Gasteiger partial charge is 0.191 e. The zero-order valence-corrected chi connectivity index (χ0v) is 12.5. The zero-order chi connectivity index (χ0) is 16.4. The molecule has 1 heterocycles. The third kappa shape index (κ3) is 2.00. The first-order valence-electron chi connectivity index (χ1n) is 7.52. The molecule has 2 atom stereocenters. The number of fused-ring (bicyclic) bond motifs is 1. The van der Waals surface area contributed by atoms with Crippen LogP contribution in [0.5, 0.6) is 0 Å². The lowest BCUT2D eigenvalue weighted by Crippen LogP contribution is -2.42. The van der Waals surface area contributed by atoms with Gasteiger partial charge in [-0.25, -0.2) is 0 Å². The van der Waals surface area contributed by atoms with Crippen molar-refractivity contribution in [3.8, 4) is 18.2 Å². The highest BCUT2D eigenvalue weighted by molar-refractivity contribution is 5.59. The number of allylic oxidation sites excluding steroid dienone is 4. The minimum Gasteiger partial charge on any atom is -0.399 e. The highest BCUT2D eigenvalue weighted by atomic mass is 14.7. The van der Waals surface area contributed by atoms with Crippen LogP contribution < -0.4 is 5.73 Å². The molecule has 0 aliphatic heterocycles. The van der Waals surface area contributed by atoms with Gasteiger partial charge in [-0.2, -0.15) is 15.8 Å². The van der Waals surface area contributed by atoms with Gasteiger partial charge in [-0.1, -0.05) is 6.08 Å². The summed E-state index contributed by atoms with van der Waals surface area (Å²) in [5.74, 6) is -0.434. The normalized spacial score (nSPS) is 25.3. The fraction of sp³-hybridized carbons (Fsp3) is 0.333. The lowest BCUT2D eigenvalue weighted by Gasteiger charge is -2.43. The van der Waals surface area contributed by atoms with Gasteiger partial charge < -0.3 is 5.73 Å². The summed E-state index contributed by atoms with van der Waals surface area (Å²) in [5.41, 5.74) is 6.80. The van der Waals surface area contributed by atoms with Gasteiger partial charge in [0.05, 0.1) is 23.4 Å². The summed E-state index contributed by atoms with van der Waals surface area (Å²) in [6, 6.07) is 10.0.